The average Bonchev–Trinajstić information content (AvgIpc) is 3.43. The molecule has 3 aromatic rings. The van der Waals surface area contributed by atoms with E-state index in [-0.39, 0.29) is 11.9 Å². The predicted octanol–water partition coefficient (Wildman–Crippen LogP) is 5.63. The van der Waals surface area contributed by atoms with Gasteiger partial charge in [0.2, 0.25) is 0 Å². The second-order valence-corrected chi connectivity index (χ2v) is 6.66. The van der Waals surface area contributed by atoms with Crippen molar-refractivity contribution in [2.45, 2.75) is 32.5 Å². The third kappa shape index (κ3) is 7.10. The van der Waals surface area contributed by atoms with Gasteiger partial charge in [0.1, 0.15) is 6.10 Å². The number of halogens is 2. The van der Waals surface area contributed by atoms with Gasteiger partial charge in [-0.1, -0.05) is 12.1 Å². The number of rotatable bonds is 8. The first-order chi connectivity index (χ1) is 14.1. The highest BCUT2D eigenvalue weighted by molar-refractivity contribution is 5.44. The van der Waals surface area contributed by atoms with Crippen molar-refractivity contribution in [3.63, 3.8) is 0 Å². The molecule has 1 unspecified atom stereocenters. The zero-order chi connectivity index (χ0) is 20.5. The van der Waals surface area contributed by atoms with Crippen LogP contribution in [-0.2, 0) is 0 Å². The molecule has 0 spiro atoms. The number of benzene rings is 1. The van der Waals surface area contributed by atoms with Crippen LogP contribution in [0.15, 0.2) is 67.1 Å². The van der Waals surface area contributed by atoms with E-state index in [9.17, 15) is 8.78 Å². The number of aromatic nitrogens is 2. The first-order valence-corrected chi connectivity index (χ1v) is 9.48. The summed E-state index contributed by atoms with van der Waals surface area (Å²) in [7, 11) is 0. The summed E-state index contributed by atoms with van der Waals surface area (Å²) in [6.07, 6.45) is 7.26. The Morgan fingerprint density at radius 3 is 2.38 bits per heavy atom. The first kappa shape index (κ1) is 20.6. The number of hydrogen-bond acceptors (Lipinski definition) is 4. The minimum absolute atomic E-state index is 0.0523. The molecule has 1 atom stereocenters. The van der Waals surface area contributed by atoms with Crippen molar-refractivity contribution >= 4 is 0 Å². The van der Waals surface area contributed by atoms with Gasteiger partial charge in [0.15, 0.2) is 17.4 Å². The predicted molar refractivity (Wildman–Crippen MR) is 105 cm³/mol. The van der Waals surface area contributed by atoms with Gasteiger partial charge in [0, 0.05) is 18.6 Å². The van der Waals surface area contributed by atoms with Crippen molar-refractivity contribution in [3.05, 3.63) is 72.7 Å². The van der Waals surface area contributed by atoms with Gasteiger partial charge in [0.25, 0.3) is 0 Å². The third-order valence-corrected chi connectivity index (χ3v) is 4.26. The van der Waals surface area contributed by atoms with E-state index < -0.39 is 6.61 Å². The molecule has 5 nitrogen and oxygen atoms in total. The maximum absolute atomic E-state index is 12.5. The van der Waals surface area contributed by atoms with Crippen LogP contribution in [0.4, 0.5) is 8.78 Å². The van der Waals surface area contributed by atoms with Crippen LogP contribution in [0.3, 0.4) is 0 Å². The minimum Gasteiger partial charge on any atom is -0.489 e. The molecule has 0 radical (unpaired) electrons. The Kier molecular flexibility index (Phi) is 7.44. The van der Waals surface area contributed by atoms with Crippen molar-refractivity contribution in [3.8, 4) is 17.4 Å². The Morgan fingerprint density at radius 2 is 1.83 bits per heavy atom. The van der Waals surface area contributed by atoms with E-state index in [2.05, 4.69) is 14.7 Å². The lowest BCUT2D eigenvalue weighted by atomic mass is 10.1. The third-order valence-electron chi connectivity index (χ3n) is 4.26. The molecule has 1 aliphatic rings. The quantitative estimate of drug-likeness (QED) is 0.531. The number of hydrogen-bond donors (Lipinski definition) is 1. The Hall–Kier alpha value is -3.09. The van der Waals surface area contributed by atoms with Crippen LogP contribution in [0.2, 0.25) is 0 Å². The summed E-state index contributed by atoms with van der Waals surface area (Å²) in [4.78, 5) is 6.75. The molecule has 2 heterocycles. The number of nitrogens with one attached hydrogen (secondary N) is 1. The zero-order valence-corrected chi connectivity index (χ0v) is 16.1. The number of nitrogens with zero attached hydrogens (tertiary/aromatic N) is 1. The summed E-state index contributed by atoms with van der Waals surface area (Å²) >= 11 is 0. The average molecular weight is 402 g/mol. The summed E-state index contributed by atoms with van der Waals surface area (Å²) in [5, 5.41) is 0. The van der Waals surface area contributed by atoms with Crippen molar-refractivity contribution in [1.82, 2.24) is 9.97 Å². The molecule has 4 rings (SSSR count). The van der Waals surface area contributed by atoms with Gasteiger partial charge in [-0.05, 0) is 67.6 Å². The van der Waals surface area contributed by atoms with Crippen LogP contribution in [0, 0.1) is 5.92 Å². The number of H-pyrrole nitrogens is 1. The lowest BCUT2D eigenvalue weighted by Gasteiger charge is -2.17. The fourth-order valence-corrected chi connectivity index (χ4v) is 2.53. The molecule has 0 bridgehead atoms. The molecule has 1 aromatic carbocycles. The molecule has 1 fully saturated rings. The minimum atomic E-state index is -2.88. The van der Waals surface area contributed by atoms with E-state index in [0.29, 0.717) is 24.2 Å². The highest BCUT2D eigenvalue weighted by atomic mass is 19.3. The van der Waals surface area contributed by atoms with Crippen LogP contribution in [0.1, 0.15) is 31.4 Å². The van der Waals surface area contributed by atoms with Crippen molar-refractivity contribution in [2.75, 3.05) is 6.61 Å². The Bertz CT molecular complexity index is 814. The van der Waals surface area contributed by atoms with Gasteiger partial charge in [-0.15, -0.1) is 0 Å². The van der Waals surface area contributed by atoms with Crippen molar-refractivity contribution in [1.29, 1.82) is 0 Å². The maximum atomic E-state index is 12.5. The summed E-state index contributed by atoms with van der Waals surface area (Å²) in [5.74, 6) is 1.55. The van der Waals surface area contributed by atoms with Crippen LogP contribution in [0.25, 0.3) is 0 Å². The van der Waals surface area contributed by atoms with Crippen LogP contribution < -0.4 is 14.2 Å². The van der Waals surface area contributed by atoms with Gasteiger partial charge >= 0.3 is 6.61 Å². The molecule has 1 saturated carbocycles. The number of ether oxygens (including phenoxy) is 3. The van der Waals surface area contributed by atoms with E-state index in [1.165, 1.54) is 6.07 Å². The van der Waals surface area contributed by atoms with E-state index in [4.69, 9.17) is 9.47 Å². The SMILES string of the molecule is CC(Oc1ccc[nH]1)c1ccc(OC(F)F)c(OCC2CC2)c1.c1ccncc1. The topological polar surface area (TPSA) is 56.4 Å². The van der Waals surface area contributed by atoms with Crippen LogP contribution in [0.5, 0.6) is 17.4 Å². The molecule has 29 heavy (non-hydrogen) atoms. The van der Waals surface area contributed by atoms with Crippen molar-refractivity contribution < 1.29 is 23.0 Å². The smallest absolute Gasteiger partial charge is 0.387 e. The Labute approximate surface area is 168 Å². The number of aromatic amines is 1. The Morgan fingerprint density at radius 1 is 1.03 bits per heavy atom. The maximum Gasteiger partial charge on any atom is 0.387 e. The summed E-state index contributed by atoms with van der Waals surface area (Å²) in [6, 6.07) is 14.3. The number of pyridine rings is 1. The van der Waals surface area contributed by atoms with Crippen LogP contribution in [-0.4, -0.2) is 23.2 Å². The summed E-state index contributed by atoms with van der Waals surface area (Å²) in [5.41, 5.74) is 0.826. The van der Waals surface area contributed by atoms with Gasteiger partial charge < -0.3 is 19.2 Å². The van der Waals surface area contributed by atoms with Gasteiger partial charge in [0.05, 0.1) is 6.61 Å². The monoisotopic (exact) mass is 402 g/mol. The fraction of sp³-hybridized carbons (Fsp3) is 0.318. The highest BCUT2D eigenvalue weighted by Crippen LogP contribution is 2.35. The second kappa shape index (κ2) is 10.5. The molecule has 154 valence electrons. The molecule has 0 amide bonds. The second-order valence-electron chi connectivity index (χ2n) is 6.66. The lowest BCUT2D eigenvalue weighted by Crippen LogP contribution is -2.08. The molecule has 1 aliphatic carbocycles. The molecule has 7 heteroatoms. The molecule has 2 aromatic heterocycles. The van der Waals surface area contributed by atoms with Gasteiger partial charge in [-0.3, -0.25) is 4.98 Å². The Balaban J connectivity index is 0.000000343. The van der Waals surface area contributed by atoms with Gasteiger partial charge in [-0.25, -0.2) is 0 Å². The van der Waals surface area contributed by atoms with E-state index in [0.717, 1.165) is 18.4 Å². The zero-order valence-electron chi connectivity index (χ0n) is 16.1. The lowest BCUT2D eigenvalue weighted by molar-refractivity contribution is -0.0515. The van der Waals surface area contributed by atoms with E-state index in [1.54, 1.807) is 30.7 Å². The summed E-state index contributed by atoms with van der Waals surface area (Å²) < 4.78 is 41.0. The molecule has 0 aliphatic heterocycles. The van der Waals surface area contributed by atoms with Gasteiger partial charge in [-0.2, -0.15) is 8.78 Å². The molecule has 1 N–H and O–H groups in total. The van der Waals surface area contributed by atoms with E-state index in [1.807, 2.05) is 37.3 Å². The first-order valence-electron chi connectivity index (χ1n) is 9.48. The molecule has 0 saturated heterocycles. The molecular formula is C22H24F2N2O3. The number of alkyl halides is 2. The van der Waals surface area contributed by atoms with Crippen molar-refractivity contribution in [2.24, 2.45) is 5.92 Å². The molecular weight excluding hydrogens is 378 g/mol. The fourth-order valence-electron chi connectivity index (χ4n) is 2.53. The van der Waals surface area contributed by atoms with E-state index >= 15 is 0 Å². The largest absolute Gasteiger partial charge is 0.489 e. The standard InChI is InChI=1S/C17H19F2NO3.C5H5N/c1-11(22-16-3-2-8-20-16)13-6-7-14(23-17(18)19)15(9-13)21-10-12-4-5-12;1-2-4-6-5-3-1/h2-3,6-9,11-12,17,20H,4-5,10H2,1H3;1-5H. The normalized spacial score (nSPS) is 13.9. The highest BCUT2D eigenvalue weighted by Gasteiger charge is 2.23. The summed E-state index contributed by atoms with van der Waals surface area (Å²) in [6.45, 7) is -0.472. The van der Waals surface area contributed by atoms with Crippen LogP contribution >= 0.6 is 0 Å².